The van der Waals surface area contributed by atoms with Crippen LogP contribution in [-0.4, -0.2) is 27.2 Å². The van der Waals surface area contributed by atoms with Crippen molar-refractivity contribution in [3.8, 4) is 11.1 Å². The van der Waals surface area contributed by atoms with Crippen LogP contribution in [0.15, 0.2) is 47.4 Å². The maximum atomic E-state index is 13.0. The van der Waals surface area contributed by atoms with Crippen molar-refractivity contribution in [1.82, 2.24) is 20.1 Å². The van der Waals surface area contributed by atoms with Crippen LogP contribution < -0.4 is 10.9 Å². The molecule has 1 aromatic carbocycles. The number of carbonyl (C=O) groups is 1. The molecule has 1 amide bonds. The SMILES string of the molecule is O=C(NCCn1nc2c(cc1=O)CCC2)c1cc(-c2ccc(F)cc2)c[nH]1. The van der Waals surface area contributed by atoms with Crippen LogP contribution in [0.4, 0.5) is 4.39 Å². The van der Waals surface area contributed by atoms with Gasteiger partial charge in [-0.2, -0.15) is 5.10 Å². The minimum absolute atomic E-state index is 0.136. The zero-order valence-corrected chi connectivity index (χ0v) is 14.7. The first-order valence-corrected chi connectivity index (χ1v) is 8.92. The van der Waals surface area contributed by atoms with Crippen LogP contribution in [0.1, 0.15) is 28.2 Å². The number of aryl methyl sites for hydroxylation is 2. The molecule has 0 saturated heterocycles. The molecule has 2 N–H and O–H groups in total. The Morgan fingerprint density at radius 2 is 2.00 bits per heavy atom. The number of benzene rings is 1. The van der Waals surface area contributed by atoms with Gasteiger partial charge in [-0.25, -0.2) is 9.07 Å². The van der Waals surface area contributed by atoms with E-state index in [0.29, 0.717) is 18.8 Å². The highest BCUT2D eigenvalue weighted by molar-refractivity contribution is 5.93. The molecule has 1 aliphatic carbocycles. The van der Waals surface area contributed by atoms with Crippen molar-refractivity contribution in [2.45, 2.75) is 25.8 Å². The van der Waals surface area contributed by atoms with Crippen molar-refractivity contribution in [3.63, 3.8) is 0 Å². The molecule has 6 nitrogen and oxygen atoms in total. The molecule has 0 fully saturated rings. The van der Waals surface area contributed by atoms with Gasteiger partial charge < -0.3 is 10.3 Å². The van der Waals surface area contributed by atoms with Crippen molar-refractivity contribution in [3.05, 3.63) is 75.7 Å². The Bertz CT molecular complexity index is 1040. The van der Waals surface area contributed by atoms with Gasteiger partial charge in [-0.3, -0.25) is 9.59 Å². The first kappa shape index (κ1) is 17.2. The van der Waals surface area contributed by atoms with E-state index in [9.17, 15) is 14.0 Å². The molecule has 0 bridgehead atoms. The fourth-order valence-electron chi connectivity index (χ4n) is 3.30. The molecule has 4 rings (SSSR count). The number of aromatic amines is 1. The average molecular weight is 366 g/mol. The van der Waals surface area contributed by atoms with E-state index in [4.69, 9.17) is 0 Å². The largest absolute Gasteiger partial charge is 0.357 e. The van der Waals surface area contributed by atoms with E-state index in [-0.39, 0.29) is 17.3 Å². The van der Waals surface area contributed by atoms with Crippen LogP contribution in [0.25, 0.3) is 11.1 Å². The van der Waals surface area contributed by atoms with E-state index in [0.717, 1.165) is 41.6 Å². The highest BCUT2D eigenvalue weighted by atomic mass is 19.1. The summed E-state index contributed by atoms with van der Waals surface area (Å²) in [4.78, 5) is 27.3. The predicted octanol–water partition coefficient (Wildman–Crippen LogP) is 2.30. The Balaban J connectivity index is 1.38. The number of hydrogen-bond acceptors (Lipinski definition) is 3. The summed E-state index contributed by atoms with van der Waals surface area (Å²) in [6.45, 7) is 0.624. The van der Waals surface area contributed by atoms with Crippen LogP contribution in [-0.2, 0) is 19.4 Å². The summed E-state index contributed by atoms with van der Waals surface area (Å²) in [6.07, 6.45) is 4.55. The predicted molar refractivity (Wildman–Crippen MR) is 99.0 cm³/mol. The summed E-state index contributed by atoms with van der Waals surface area (Å²) in [5.74, 6) is -0.569. The highest BCUT2D eigenvalue weighted by Crippen LogP contribution is 2.20. The molecule has 0 aliphatic heterocycles. The molecule has 2 heterocycles. The van der Waals surface area contributed by atoms with Gasteiger partial charge in [0.15, 0.2) is 0 Å². The summed E-state index contributed by atoms with van der Waals surface area (Å²) in [7, 11) is 0. The molecule has 0 radical (unpaired) electrons. The normalized spacial score (nSPS) is 12.8. The first-order valence-electron chi connectivity index (χ1n) is 8.92. The molecule has 0 saturated carbocycles. The van der Waals surface area contributed by atoms with Gasteiger partial charge in [0, 0.05) is 18.8 Å². The minimum atomic E-state index is -0.303. The maximum Gasteiger partial charge on any atom is 0.267 e. The van der Waals surface area contributed by atoms with Crippen LogP contribution >= 0.6 is 0 Å². The summed E-state index contributed by atoms with van der Waals surface area (Å²) in [5, 5.41) is 7.17. The second kappa shape index (κ2) is 7.19. The van der Waals surface area contributed by atoms with Gasteiger partial charge in [0.1, 0.15) is 11.5 Å². The summed E-state index contributed by atoms with van der Waals surface area (Å²) in [6, 6.07) is 9.44. The summed E-state index contributed by atoms with van der Waals surface area (Å²) < 4.78 is 14.4. The lowest BCUT2D eigenvalue weighted by Gasteiger charge is -2.08. The van der Waals surface area contributed by atoms with Gasteiger partial charge in [0.05, 0.1) is 12.2 Å². The van der Waals surface area contributed by atoms with Crippen molar-refractivity contribution in [1.29, 1.82) is 0 Å². The monoisotopic (exact) mass is 366 g/mol. The van der Waals surface area contributed by atoms with E-state index in [1.807, 2.05) is 0 Å². The van der Waals surface area contributed by atoms with Gasteiger partial charge >= 0.3 is 0 Å². The topological polar surface area (TPSA) is 79.8 Å². The molecule has 27 heavy (non-hydrogen) atoms. The van der Waals surface area contributed by atoms with E-state index in [2.05, 4.69) is 15.4 Å². The first-order chi connectivity index (χ1) is 13.1. The third-order valence-corrected chi connectivity index (χ3v) is 4.74. The number of aromatic nitrogens is 3. The Hall–Kier alpha value is -3.22. The van der Waals surface area contributed by atoms with E-state index >= 15 is 0 Å². The summed E-state index contributed by atoms with van der Waals surface area (Å²) in [5.41, 5.74) is 3.92. The number of rotatable bonds is 5. The van der Waals surface area contributed by atoms with E-state index in [1.54, 1.807) is 30.5 Å². The Morgan fingerprint density at radius 3 is 2.81 bits per heavy atom. The van der Waals surface area contributed by atoms with Gasteiger partial charge in [0.25, 0.3) is 11.5 Å². The van der Waals surface area contributed by atoms with Crippen LogP contribution in [0.2, 0.25) is 0 Å². The highest BCUT2D eigenvalue weighted by Gasteiger charge is 2.15. The second-order valence-corrected chi connectivity index (χ2v) is 6.60. The van der Waals surface area contributed by atoms with Crippen molar-refractivity contribution in [2.24, 2.45) is 0 Å². The molecule has 138 valence electrons. The number of amides is 1. The Morgan fingerprint density at radius 1 is 1.19 bits per heavy atom. The third kappa shape index (κ3) is 3.67. The minimum Gasteiger partial charge on any atom is -0.357 e. The molecule has 3 aromatic rings. The fourth-order valence-corrected chi connectivity index (χ4v) is 3.30. The van der Waals surface area contributed by atoms with Gasteiger partial charge in [0.2, 0.25) is 0 Å². The molecule has 7 heteroatoms. The number of carbonyl (C=O) groups excluding carboxylic acids is 1. The standard InChI is InChI=1S/C20H19FN4O2/c21-16-6-4-13(5-7-16)15-10-18(23-12-15)20(27)22-8-9-25-19(26)11-14-2-1-3-17(14)24-25/h4-7,10-12,23H,1-3,8-9H2,(H,22,27). The fraction of sp³-hybridized carbons (Fsp3) is 0.250. The van der Waals surface area contributed by atoms with Gasteiger partial charge in [-0.1, -0.05) is 12.1 Å². The average Bonchev–Trinajstić information content (AvgIpc) is 3.31. The molecule has 2 aromatic heterocycles. The van der Waals surface area contributed by atoms with Gasteiger partial charge in [-0.05, 0) is 54.2 Å². The molecule has 1 aliphatic rings. The number of nitrogens with one attached hydrogen (secondary N) is 2. The Labute approximate surface area is 155 Å². The van der Waals surface area contributed by atoms with Crippen LogP contribution in [0, 0.1) is 5.82 Å². The number of fused-ring (bicyclic) bond motifs is 1. The van der Waals surface area contributed by atoms with Crippen molar-refractivity contribution < 1.29 is 9.18 Å². The molecular weight excluding hydrogens is 347 g/mol. The molecule has 0 spiro atoms. The smallest absolute Gasteiger partial charge is 0.267 e. The third-order valence-electron chi connectivity index (χ3n) is 4.74. The van der Waals surface area contributed by atoms with E-state index < -0.39 is 0 Å². The quantitative estimate of drug-likeness (QED) is 0.727. The van der Waals surface area contributed by atoms with Gasteiger partial charge in [-0.15, -0.1) is 0 Å². The lowest BCUT2D eigenvalue weighted by Crippen LogP contribution is -2.32. The molecule has 0 atom stereocenters. The zero-order chi connectivity index (χ0) is 18.8. The second-order valence-electron chi connectivity index (χ2n) is 6.60. The van der Waals surface area contributed by atoms with Crippen molar-refractivity contribution >= 4 is 5.91 Å². The molecular formula is C20H19FN4O2. The lowest BCUT2D eigenvalue weighted by atomic mass is 10.1. The zero-order valence-electron chi connectivity index (χ0n) is 14.7. The van der Waals surface area contributed by atoms with Crippen LogP contribution in [0.5, 0.6) is 0 Å². The lowest BCUT2D eigenvalue weighted by molar-refractivity contribution is 0.0947. The summed E-state index contributed by atoms with van der Waals surface area (Å²) >= 11 is 0. The Kier molecular flexibility index (Phi) is 4.58. The maximum absolute atomic E-state index is 13.0. The number of nitrogens with zero attached hydrogens (tertiary/aromatic N) is 2. The number of hydrogen-bond donors (Lipinski definition) is 2. The number of H-pyrrole nitrogens is 1. The van der Waals surface area contributed by atoms with E-state index in [1.165, 1.54) is 16.8 Å². The molecule has 0 unspecified atom stereocenters. The van der Waals surface area contributed by atoms with Crippen LogP contribution in [0.3, 0.4) is 0 Å². The van der Waals surface area contributed by atoms with Crippen molar-refractivity contribution in [2.75, 3.05) is 6.54 Å². The number of halogens is 1.